The molecule has 56 valence electrons. The highest BCUT2D eigenvalue weighted by molar-refractivity contribution is 7.10. The van der Waals surface area contributed by atoms with Gasteiger partial charge in [0.1, 0.15) is 6.07 Å². The molecule has 2 nitrogen and oxygen atoms in total. The Balaban J connectivity index is 3.04. The maximum Gasteiger partial charge on any atom is 0.100 e. The third-order valence-corrected chi connectivity index (χ3v) is 2.39. The van der Waals surface area contributed by atoms with E-state index in [2.05, 4.69) is 12.6 Å². The van der Waals surface area contributed by atoms with Gasteiger partial charge in [0.25, 0.3) is 0 Å². The van der Waals surface area contributed by atoms with Gasteiger partial charge in [0.15, 0.2) is 0 Å². The molecule has 0 bridgehead atoms. The van der Waals surface area contributed by atoms with Crippen LogP contribution in [0.5, 0.6) is 0 Å². The Morgan fingerprint density at radius 3 is 3.09 bits per heavy atom. The van der Waals surface area contributed by atoms with Gasteiger partial charge < -0.3 is 5.73 Å². The smallest absolute Gasteiger partial charge is 0.100 e. The van der Waals surface area contributed by atoms with Crippen LogP contribution in [-0.2, 0) is 0 Å². The Morgan fingerprint density at radius 1 is 1.82 bits per heavy atom. The van der Waals surface area contributed by atoms with Crippen LogP contribution in [0.15, 0.2) is 24.1 Å². The minimum atomic E-state index is -0.204. The van der Waals surface area contributed by atoms with Gasteiger partial charge in [-0.15, -0.1) is 17.9 Å². The predicted molar refractivity (Wildman–Crippen MR) is 46.2 cm³/mol. The molecule has 2 N–H and O–H groups in total. The summed E-state index contributed by atoms with van der Waals surface area (Å²) >= 11 is 1.49. The molecule has 1 aromatic heterocycles. The zero-order valence-corrected chi connectivity index (χ0v) is 6.77. The predicted octanol–water partition coefficient (Wildman–Crippen LogP) is 1.81. The Morgan fingerprint density at radius 2 is 2.55 bits per heavy atom. The average molecular weight is 164 g/mol. The standard InChI is InChI=1S/C8H8N2S/c1-2-7(10)8-6(5-9)3-4-11-8/h2-4,7H,1,10H2. The zero-order valence-electron chi connectivity index (χ0n) is 5.95. The van der Waals surface area contributed by atoms with Gasteiger partial charge in [-0.3, -0.25) is 0 Å². The van der Waals surface area contributed by atoms with Gasteiger partial charge in [-0.05, 0) is 11.4 Å². The maximum absolute atomic E-state index is 8.62. The number of hydrogen-bond donors (Lipinski definition) is 1. The van der Waals surface area contributed by atoms with Crippen LogP contribution in [0.1, 0.15) is 16.5 Å². The number of nitrogens with zero attached hydrogens (tertiary/aromatic N) is 1. The summed E-state index contributed by atoms with van der Waals surface area (Å²) in [6.07, 6.45) is 1.63. The molecule has 0 aliphatic rings. The molecule has 1 unspecified atom stereocenters. The molecule has 1 atom stereocenters. The van der Waals surface area contributed by atoms with Crippen LogP contribution in [0.2, 0.25) is 0 Å². The van der Waals surface area contributed by atoms with Crippen molar-refractivity contribution in [3.8, 4) is 6.07 Å². The van der Waals surface area contributed by atoms with Crippen LogP contribution in [0.25, 0.3) is 0 Å². The summed E-state index contributed by atoms with van der Waals surface area (Å²) in [6, 6.07) is 3.64. The van der Waals surface area contributed by atoms with Crippen molar-refractivity contribution in [1.29, 1.82) is 5.26 Å². The monoisotopic (exact) mass is 164 g/mol. The maximum atomic E-state index is 8.62. The molecular weight excluding hydrogens is 156 g/mol. The Hall–Kier alpha value is -1.11. The molecule has 1 aromatic rings. The van der Waals surface area contributed by atoms with Crippen LogP contribution in [0, 0.1) is 11.3 Å². The molecule has 0 saturated carbocycles. The minimum Gasteiger partial charge on any atom is -0.320 e. The molecular formula is C8H8N2S. The van der Waals surface area contributed by atoms with Crippen molar-refractivity contribution in [1.82, 2.24) is 0 Å². The molecule has 0 aliphatic heterocycles. The summed E-state index contributed by atoms with van der Waals surface area (Å²) in [5.41, 5.74) is 6.31. The lowest BCUT2D eigenvalue weighted by Crippen LogP contribution is -2.05. The first kappa shape index (κ1) is 7.99. The number of nitrogens with two attached hydrogens (primary N) is 1. The summed E-state index contributed by atoms with van der Waals surface area (Å²) in [6.45, 7) is 3.56. The van der Waals surface area contributed by atoms with E-state index in [1.807, 2.05) is 5.38 Å². The molecule has 0 aromatic carbocycles. The molecule has 0 amide bonds. The molecule has 0 fully saturated rings. The van der Waals surface area contributed by atoms with E-state index >= 15 is 0 Å². The number of thiophene rings is 1. The lowest BCUT2D eigenvalue weighted by Gasteiger charge is -2.01. The first-order valence-corrected chi connectivity index (χ1v) is 4.03. The van der Waals surface area contributed by atoms with E-state index < -0.39 is 0 Å². The molecule has 3 heteroatoms. The van der Waals surface area contributed by atoms with E-state index in [1.165, 1.54) is 11.3 Å². The minimum absolute atomic E-state index is 0.204. The van der Waals surface area contributed by atoms with Gasteiger partial charge in [0.2, 0.25) is 0 Å². The largest absolute Gasteiger partial charge is 0.320 e. The van der Waals surface area contributed by atoms with Crippen molar-refractivity contribution < 1.29 is 0 Å². The van der Waals surface area contributed by atoms with E-state index in [0.29, 0.717) is 5.56 Å². The second-order valence-corrected chi connectivity index (χ2v) is 3.02. The van der Waals surface area contributed by atoms with Crippen molar-refractivity contribution in [2.24, 2.45) is 5.73 Å². The SMILES string of the molecule is C=CC(N)c1sccc1C#N. The Kier molecular flexibility index (Phi) is 2.42. The normalized spacial score (nSPS) is 12.0. The van der Waals surface area contributed by atoms with Crippen LogP contribution in [0.3, 0.4) is 0 Å². The molecule has 0 radical (unpaired) electrons. The third-order valence-electron chi connectivity index (χ3n) is 1.37. The van der Waals surface area contributed by atoms with Gasteiger partial charge in [-0.25, -0.2) is 0 Å². The van der Waals surface area contributed by atoms with Crippen LogP contribution < -0.4 is 5.73 Å². The fourth-order valence-corrected chi connectivity index (χ4v) is 1.62. The summed E-state index contributed by atoms with van der Waals surface area (Å²) in [5, 5.41) is 10.5. The molecule has 11 heavy (non-hydrogen) atoms. The lowest BCUT2D eigenvalue weighted by atomic mass is 10.2. The van der Waals surface area contributed by atoms with Gasteiger partial charge in [-0.2, -0.15) is 5.26 Å². The topological polar surface area (TPSA) is 49.8 Å². The van der Waals surface area contributed by atoms with Crippen LogP contribution in [-0.4, -0.2) is 0 Å². The summed E-state index contributed by atoms with van der Waals surface area (Å²) in [7, 11) is 0. The highest BCUT2D eigenvalue weighted by Crippen LogP contribution is 2.22. The van der Waals surface area contributed by atoms with Crippen molar-refractivity contribution in [3.63, 3.8) is 0 Å². The van der Waals surface area contributed by atoms with Crippen LogP contribution in [0.4, 0.5) is 0 Å². The van der Waals surface area contributed by atoms with Gasteiger partial charge >= 0.3 is 0 Å². The molecule has 1 rings (SSSR count). The molecule has 0 saturated heterocycles. The first-order chi connectivity index (χ1) is 5.29. The van der Waals surface area contributed by atoms with E-state index in [-0.39, 0.29) is 6.04 Å². The highest BCUT2D eigenvalue weighted by Gasteiger charge is 2.08. The third kappa shape index (κ3) is 1.48. The summed E-state index contributed by atoms with van der Waals surface area (Å²) in [5.74, 6) is 0. The summed E-state index contributed by atoms with van der Waals surface area (Å²) in [4.78, 5) is 0.891. The van der Waals surface area contributed by atoms with Crippen molar-refractivity contribution in [2.75, 3.05) is 0 Å². The average Bonchev–Trinajstić information content (AvgIpc) is 2.50. The van der Waals surface area contributed by atoms with Gasteiger partial charge in [0, 0.05) is 4.88 Å². The van der Waals surface area contributed by atoms with Crippen molar-refractivity contribution in [3.05, 3.63) is 34.5 Å². The second kappa shape index (κ2) is 3.33. The van der Waals surface area contributed by atoms with E-state index in [0.717, 1.165) is 4.88 Å². The van der Waals surface area contributed by atoms with E-state index in [9.17, 15) is 0 Å². The highest BCUT2D eigenvalue weighted by atomic mass is 32.1. The number of hydrogen-bond acceptors (Lipinski definition) is 3. The van der Waals surface area contributed by atoms with Gasteiger partial charge in [-0.1, -0.05) is 6.08 Å². The summed E-state index contributed by atoms with van der Waals surface area (Å²) < 4.78 is 0. The zero-order chi connectivity index (χ0) is 8.27. The second-order valence-electron chi connectivity index (χ2n) is 2.07. The van der Waals surface area contributed by atoms with E-state index in [1.54, 1.807) is 12.1 Å². The quantitative estimate of drug-likeness (QED) is 0.677. The first-order valence-electron chi connectivity index (χ1n) is 3.15. The lowest BCUT2D eigenvalue weighted by molar-refractivity contribution is 0.936. The molecule has 1 heterocycles. The number of nitriles is 1. The molecule has 0 spiro atoms. The van der Waals surface area contributed by atoms with Crippen LogP contribution >= 0.6 is 11.3 Å². The fraction of sp³-hybridized carbons (Fsp3) is 0.125. The Bertz CT molecular complexity index is 295. The van der Waals surface area contributed by atoms with Crippen molar-refractivity contribution in [2.45, 2.75) is 6.04 Å². The fourth-order valence-electron chi connectivity index (χ4n) is 0.779. The number of rotatable bonds is 2. The van der Waals surface area contributed by atoms with E-state index in [4.69, 9.17) is 11.0 Å². The Labute approximate surface area is 69.6 Å². The van der Waals surface area contributed by atoms with Crippen molar-refractivity contribution >= 4 is 11.3 Å². The molecule has 0 aliphatic carbocycles. The van der Waals surface area contributed by atoms with Gasteiger partial charge in [0.05, 0.1) is 11.6 Å².